The predicted octanol–water partition coefficient (Wildman–Crippen LogP) is 3.73. The fraction of sp³-hybridized carbons (Fsp3) is 0.263. The van der Waals surface area contributed by atoms with E-state index >= 15 is 0 Å². The molecule has 1 N–H and O–H groups in total. The monoisotopic (exact) mass is 324 g/mol. The summed E-state index contributed by atoms with van der Waals surface area (Å²) in [5, 5.41) is 1.40. The van der Waals surface area contributed by atoms with Gasteiger partial charge in [-0.05, 0) is 35.1 Å². The van der Waals surface area contributed by atoms with Gasteiger partial charge in [0.25, 0.3) is 5.56 Å². The molecule has 0 atom stereocenters. The highest BCUT2D eigenvalue weighted by Crippen LogP contribution is 2.40. The van der Waals surface area contributed by atoms with Crippen LogP contribution in [0.1, 0.15) is 25.3 Å². The van der Waals surface area contributed by atoms with Gasteiger partial charge >= 0.3 is 0 Å². The van der Waals surface area contributed by atoms with Crippen LogP contribution >= 0.6 is 0 Å². The Kier molecular flexibility index (Phi) is 4.25. The summed E-state index contributed by atoms with van der Waals surface area (Å²) < 4.78 is 11.2. The first kappa shape index (κ1) is 16.1. The molecule has 5 heteroatoms. The van der Waals surface area contributed by atoms with Gasteiger partial charge in [0.15, 0.2) is 0 Å². The van der Waals surface area contributed by atoms with Crippen LogP contribution in [0.15, 0.2) is 41.6 Å². The van der Waals surface area contributed by atoms with Crippen LogP contribution in [0.25, 0.3) is 21.9 Å². The molecule has 0 aliphatic carbocycles. The number of benzene rings is 1. The molecule has 124 valence electrons. The van der Waals surface area contributed by atoms with E-state index in [4.69, 9.17) is 9.47 Å². The molecule has 2 aromatic heterocycles. The van der Waals surface area contributed by atoms with Crippen molar-refractivity contribution in [3.05, 3.63) is 52.7 Å². The maximum Gasteiger partial charge on any atom is 0.257 e. The van der Waals surface area contributed by atoms with Crippen LogP contribution in [0.2, 0.25) is 0 Å². The van der Waals surface area contributed by atoms with Gasteiger partial charge in [0, 0.05) is 29.7 Å². The van der Waals surface area contributed by atoms with Gasteiger partial charge < -0.3 is 14.5 Å². The van der Waals surface area contributed by atoms with Gasteiger partial charge in [-0.2, -0.15) is 0 Å². The smallest absolute Gasteiger partial charge is 0.257 e. The fourth-order valence-corrected chi connectivity index (χ4v) is 3.01. The molecular weight excluding hydrogens is 304 g/mol. The second kappa shape index (κ2) is 6.35. The number of fused-ring (bicyclic) bond motifs is 1. The Morgan fingerprint density at radius 1 is 1.08 bits per heavy atom. The first-order valence-corrected chi connectivity index (χ1v) is 7.78. The van der Waals surface area contributed by atoms with Gasteiger partial charge in [0.2, 0.25) is 0 Å². The van der Waals surface area contributed by atoms with Crippen LogP contribution in [0, 0.1) is 0 Å². The maximum atomic E-state index is 12.0. The molecule has 0 bridgehead atoms. The Balaban J connectivity index is 2.32. The van der Waals surface area contributed by atoms with E-state index in [9.17, 15) is 4.79 Å². The summed E-state index contributed by atoms with van der Waals surface area (Å²) in [5.74, 6) is 1.81. The molecule has 0 unspecified atom stereocenters. The number of H-pyrrole nitrogens is 1. The zero-order chi connectivity index (χ0) is 17.3. The average Bonchev–Trinajstić information content (AvgIpc) is 2.60. The second-order valence-corrected chi connectivity index (χ2v) is 5.90. The van der Waals surface area contributed by atoms with Crippen molar-refractivity contribution in [2.45, 2.75) is 19.8 Å². The Morgan fingerprint density at radius 3 is 2.33 bits per heavy atom. The third-order valence-electron chi connectivity index (χ3n) is 4.14. The number of hydrogen-bond acceptors (Lipinski definition) is 4. The average molecular weight is 324 g/mol. The van der Waals surface area contributed by atoms with Crippen LogP contribution in [-0.2, 0) is 0 Å². The van der Waals surface area contributed by atoms with Gasteiger partial charge in [0.05, 0.1) is 19.6 Å². The minimum Gasteiger partial charge on any atom is -0.496 e. The molecular formula is C19H20N2O3. The number of rotatable bonds is 4. The number of pyridine rings is 2. The van der Waals surface area contributed by atoms with Crippen LogP contribution < -0.4 is 15.0 Å². The molecule has 0 aliphatic heterocycles. The maximum absolute atomic E-state index is 12.0. The topological polar surface area (TPSA) is 64.2 Å². The Labute approximate surface area is 140 Å². The lowest BCUT2D eigenvalue weighted by Gasteiger charge is -2.18. The zero-order valence-electron chi connectivity index (χ0n) is 14.2. The fourth-order valence-electron chi connectivity index (χ4n) is 3.01. The number of aromatic amines is 1. The number of ether oxygens (including phenoxy) is 2. The highest BCUT2D eigenvalue weighted by molar-refractivity contribution is 5.95. The summed E-state index contributed by atoms with van der Waals surface area (Å²) in [6, 6.07) is 5.80. The molecule has 3 rings (SSSR count). The van der Waals surface area contributed by atoms with Gasteiger partial charge in [-0.3, -0.25) is 9.78 Å². The lowest BCUT2D eigenvalue weighted by atomic mass is 9.95. The molecule has 0 saturated carbocycles. The zero-order valence-corrected chi connectivity index (χ0v) is 14.2. The lowest BCUT2D eigenvalue weighted by Crippen LogP contribution is -2.06. The first-order chi connectivity index (χ1) is 11.6. The summed E-state index contributed by atoms with van der Waals surface area (Å²) in [6.07, 6.45) is 4.98. The van der Waals surface area contributed by atoms with Crippen LogP contribution in [0.3, 0.4) is 0 Å². The number of hydrogen-bond donors (Lipinski definition) is 1. The van der Waals surface area contributed by atoms with Gasteiger partial charge in [-0.15, -0.1) is 0 Å². The van der Waals surface area contributed by atoms with Crippen LogP contribution in [-0.4, -0.2) is 24.2 Å². The summed E-state index contributed by atoms with van der Waals surface area (Å²) in [6.45, 7) is 4.20. The number of methoxy groups -OCH3 is 2. The van der Waals surface area contributed by atoms with E-state index in [2.05, 4.69) is 23.8 Å². The number of nitrogens with zero attached hydrogens (tertiary/aromatic N) is 1. The molecule has 0 radical (unpaired) electrons. The van der Waals surface area contributed by atoms with E-state index < -0.39 is 0 Å². The number of aromatic nitrogens is 2. The van der Waals surface area contributed by atoms with E-state index in [1.807, 2.05) is 18.2 Å². The highest BCUT2D eigenvalue weighted by Gasteiger charge is 2.17. The standard InChI is InChI=1S/C19H20N2O3/c1-11(2)18-16(23-3)7-12(8-17(18)24-4)14-10-21-19(22)15-9-20-6-5-13(14)15/h5-11H,1-4H3,(H,21,22). The van der Waals surface area contributed by atoms with Crippen molar-refractivity contribution in [1.29, 1.82) is 0 Å². The molecule has 0 fully saturated rings. The minimum absolute atomic E-state index is 0.153. The van der Waals surface area contributed by atoms with E-state index in [1.165, 1.54) is 0 Å². The van der Waals surface area contributed by atoms with Crippen molar-refractivity contribution in [3.8, 4) is 22.6 Å². The largest absolute Gasteiger partial charge is 0.496 e. The van der Waals surface area contributed by atoms with E-state index in [0.717, 1.165) is 33.6 Å². The van der Waals surface area contributed by atoms with Crippen molar-refractivity contribution in [1.82, 2.24) is 9.97 Å². The van der Waals surface area contributed by atoms with Crippen molar-refractivity contribution in [2.24, 2.45) is 0 Å². The Bertz CT molecular complexity index is 920. The molecule has 3 aromatic rings. The van der Waals surface area contributed by atoms with Crippen molar-refractivity contribution in [2.75, 3.05) is 14.2 Å². The van der Waals surface area contributed by atoms with Gasteiger partial charge in [0.1, 0.15) is 11.5 Å². The van der Waals surface area contributed by atoms with Crippen molar-refractivity contribution >= 4 is 10.8 Å². The molecule has 24 heavy (non-hydrogen) atoms. The molecule has 2 heterocycles. The molecule has 0 aliphatic rings. The normalized spacial score (nSPS) is 11.0. The van der Waals surface area contributed by atoms with E-state index in [-0.39, 0.29) is 11.5 Å². The van der Waals surface area contributed by atoms with Crippen molar-refractivity contribution in [3.63, 3.8) is 0 Å². The molecule has 5 nitrogen and oxygen atoms in total. The Hall–Kier alpha value is -2.82. The third kappa shape index (κ3) is 2.62. The highest BCUT2D eigenvalue weighted by atomic mass is 16.5. The third-order valence-corrected chi connectivity index (χ3v) is 4.14. The Morgan fingerprint density at radius 2 is 1.75 bits per heavy atom. The molecule has 0 saturated heterocycles. The molecule has 0 amide bonds. The van der Waals surface area contributed by atoms with Crippen molar-refractivity contribution < 1.29 is 9.47 Å². The summed E-state index contributed by atoms with van der Waals surface area (Å²) >= 11 is 0. The summed E-state index contributed by atoms with van der Waals surface area (Å²) in [5.41, 5.74) is 2.69. The SMILES string of the molecule is COc1cc(-c2c[nH]c(=O)c3cnccc23)cc(OC)c1C(C)C. The number of nitrogens with one attached hydrogen (secondary N) is 1. The summed E-state index contributed by atoms with van der Waals surface area (Å²) in [4.78, 5) is 18.8. The van der Waals surface area contributed by atoms with Crippen LogP contribution in [0.5, 0.6) is 11.5 Å². The van der Waals surface area contributed by atoms with Crippen LogP contribution in [0.4, 0.5) is 0 Å². The second-order valence-electron chi connectivity index (χ2n) is 5.90. The predicted molar refractivity (Wildman–Crippen MR) is 95.0 cm³/mol. The minimum atomic E-state index is -0.153. The quantitative estimate of drug-likeness (QED) is 0.794. The first-order valence-electron chi connectivity index (χ1n) is 7.78. The van der Waals surface area contributed by atoms with E-state index in [0.29, 0.717) is 5.39 Å². The van der Waals surface area contributed by atoms with Gasteiger partial charge in [-0.25, -0.2) is 0 Å². The molecule has 0 spiro atoms. The molecule has 1 aromatic carbocycles. The lowest BCUT2D eigenvalue weighted by molar-refractivity contribution is 0.382. The van der Waals surface area contributed by atoms with Gasteiger partial charge in [-0.1, -0.05) is 13.8 Å². The summed E-state index contributed by atoms with van der Waals surface area (Å²) in [7, 11) is 3.30. The van der Waals surface area contributed by atoms with E-state index in [1.54, 1.807) is 32.8 Å².